The maximum atomic E-state index is 9.83. The Morgan fingerprint density at radius 1 is 0.455 bits per heavy atom. The highest BCUT2D eigenvalue weighted by molar-refractivity contribution is 7.58. The van der Waals surface area contributed by atoms with E-state index in [2.05, 4.69) is 20.8 Å². The topological polar surface area (TPSA) is 88.4 Å². The predicted octanol–water partition coefficient (Wildman–Crippen LogP) is 7.51. The molecule has 0 fully saturated rings. The number of rotatable bonds is 26. The Hall–Kier alpha value is 0.190. The van der Waals surface area contributed by atoms with Crippen LogP contribution in [0.2, 0.25) is 0 Å². The number of hydrogen-bond acceptors (Lipinski definition) is 6. The third-order valence-corrected chi connectivity index (χ3v) is 6.68. The molecule has 0 saturated carbocycles. The Bertz CT molecular complexity index is 357. The average Bonchev–Trinajstić information content (AvgIpc) is 2.76. The van der Waals surface area contributed by atoms with Crippen molar-refractivity contribution in [2.75, 3.05) is 26.0 Å². The van der Waals surface area contributed by atoms with Gasteiger partial charge < -0.3 is 14.2 Å². The molecule has 0 aromatic heterocycles. The first-order valence-electron chi connectivity index (χ1n) is 13.9. The summed E-state index contributed by atoms with van der Waals surface area (Å²) in [5.41, 5.74) is 0. The molecule has 7 heteroatoms. The fraction of sp³-hybridized carbons (Fsp3) is 1.00. The van der Waals surface area contributed by atoms with Crippen LogP contribution in [0.1, 0.15) is 136 Å². The molecule has 6 nitrogen and oxygen atoms in total. The summed E-state index contributed by atoms with van der Waals surface area (Å²) in [4.78, 5) is 29.5. The molecule has 0 aromatic rings. The molecule has 0 bridgehead atoms. The van der Waals surface area contributed by atoms with Crippen molar-refractivity contribution in [3.8, 4) is 0 Å². The van der Waals surface area contributed by atoms with E-state index >= 15 is 0 Å². The van der Waals surface area contributed by atoms with Crippen molar-refractivity contribution in [2.45, 2.75) is 142 Å². The molecule has 0 radical (unpaired) electrons. The van der Waals surface area contributed by atoms with Crippen LogP contribution in [-0.2, 0) is 14.2 Å². The molecule has 0 aliphatic heterocycles. The van der Waals surface area contributed by atoms with Crippen LogP contribution in [0.5, 0.6) is 0 Å². The molecular formula is C26H56O6P+. The van der Waals surface area contributed by atoms with Gasteiger partial charge in [-0.25, -0.2) is 0 Å². The second-order valence-electron chi connectivity index (χ2n) is 9.38. The van der Waals surface area contributed by atoms with E-state index in [9.17, 15) is 14.7 Å². The van der Waals surface area contributed by atoms with Gasteiger partial charge in [0.05, 0.1) is 19.8 Å². The highest BCUT2D eigenvalue weighted by atomic mass is 31.2. The lowest BCUT2D eigenvalue weighted by Crippen LogP contribution is -2.44. The minimum absolute atomic E-state index is 0.416. The van der Waals surface area contributed by atoms with Gasteiger partial charge in [-0.3, -0.25) is 0 Å². The molecule has 3 N–H and O–H groups in total. The standard InChI is InChI=1S/C26H56O6P/c1-4-7-10-13-16-19-22-30-26(25-33(27,28)29,31-23-20-17-14-11-8-5-2)32-24-21-18-15-12-9-6-3/h27-29H,4-25H2,1-3H3/q+1. The van der Waals surface area contributed by atoms with Crippen LogP contribution in [0, 0.1) is 0 Å². The van der Waals surface area contributed by atoms with Crippen molar-refractivity contribution in [2.24, 2.45) is 0 Å². The van der Waals surface area contributed by atoms with Crippen LogP contribution >= 0.6 is 7.94 Å². The smallest absolute Gasteiger partial charge is 0.324 e. The first-order valence-corrected chi connectivity index (χ1v) is 15.7. The molecule has 0 atom stereocenters. The predicted molar refractivity (Wildman–Crippen MR) is 139 cm³/mol. The lowest BCUT2D eigenvalue weighted by atomic mass is 10.1. The summed E-state index contributed by atoms with van der Waals surface area (Å²) in [5.74, 6) is -1.58. The van der Waals surface area contributed by atoms with Crippen LogP contribution < -0.4 is 0 Å². The van der Waals surface area contributed by atoms with E-state index in [0.29, 0.717) is 19.8 Å². The van der Waals surface area contributed by atoms with E-state index in [1.807, 2.05) is 0 Å². The molecule has 200 valence electrons. The lowest BCUT2D eigenvalue weighted by Gasteiger charge is -2.32. The Labute approximate surface area is 205 Å². The second-order valence-corrected chi connectivity index (χ2v) is 11.1. The van der Waals surface area contributed by atoms with E-state index in [1.165, 1.54) is 77.0 Å². The summed E-state index contributed by atoms with van der Waals surface area (Å²) < 4.78 is 18.0. The molecule has 33 heavy (non-hydrogen) atoms. The Balaban J connectivity index is 4.73. The molecule has 0 rings (SSSR count). The molecule has 0 saturated heterocycles. The minimum atomic E-state index is -4.12. The monoisotopic (exact) mass is 495 g/mol. The number of ether oxygens (including phenoxy) is 3. The second kappa shape index (κ2) is 22.6. The maximum Gasteiger partial charge on any atom is 0.412 e. The molecule has 0 aliphatic carbocycles. The molecule has 0 spiro atoms. The fourth-order valence-corrected chi connectivity index (χ4v) is 4.65. The van der Waals surface area contributed by atoms with E-state index in [1.54, 1.807) is 0 Å². The highest BCUT2D eigenvalue weighted by Crippen LogP contribution is 2.49. The van der Waals surface area contributed by atoms with Crippen LogP contribution in [0.15, 0.2) is 0 Å². The van der Waals surface area contributed by atoms with Gasteiger partial charge in [0, 0.05) is 0 Å². The van der Waals surface area contributed by atoms with E-state index < -0.39 is 20.1 Å². The minimum Gasteiger partial charge on any atom is -0.324 e. The van der Waals surface area contributed by atoms with Crippen molar-refractivity contribution in [1.29, 1.82) is 0 Å². The van der Waals surface area contributed by atoms with Crippen molar-refractivity contribution in [1.82, 2.24) is 0 Å². The summed E-state index contributed by atoms with van der Waals surface area (Å²) in [6, 6.07) is 0. The van der Waals surface area contributed by atoms with Gasteiger partial charge in [-0.1, -0.05) is 117 Å². The fourth-order valence-electron chi connectivity index (χ4n) is 3.85. The van der Waals surface area contributed by atoms with Gasteiger partial charge in [-0.2, -0.15) is 14.7 Å². The number of hydrogen-bond donors (Lipinski definition) is 3. The molecule has 0 amide bonds. The average molecular weight is 496 g/mol. The first-order chi connectivity index (χ1) is 15.9. The van der Waals surface area contributed by atoms with Gasteiger partial charge in [0.25, 0.3) is 0 Å². The van der Waals surface area contributed by atoms with Crippen molar-refractivity contribution in [3.05, 3.63) is 0 Å². The largest absolute Gasteiger partial charge is 0.412 e. The molecule has 0 heterocycles. The van der Waals surface area contributed by atoms with Crippen molar-refractivity contribution >= 4 is 7.94 Å². The number of unbranched alkanes of at least 4 members (excludes halogenated alkanes) is 15. The van der Waals surface area contributed by atoms with Crippen molar-refractivity contribution in [3.63, 3.8) is 0 Å². The maximum absolute atomic E-state index is 9.83. The van der Waals surface area contributed by atoms with E-state index in [-0.39, 0.29) is 0 Å². The van der Waals surface area contributed by atoms with Gasteiger partial charge in [-0.05, 0) is 19.3 Å². The van der Waals surface area contributed by atoms with E-state index in [0.717, 1.165) is 38.5 Å². The summed E-state index contributed by atoms with van der Waals surface area (Å²) in [7, 11) is -4.12. The lowest BCUT2D eigenvalue weighted by molar-refractivity contribution is -0.369. The summed E-state index contributed by atoms with van der Waals surface area (Å²) in [5, 5.41) is 0. The quantitative estimate of drug-likeness (QED) is 0.0654. The Kier molecular flexibility index (Phi) is 22.8. The molecule has 0 unspecified atom stereocenters. The Morgan fingerprint density at radius 2 is 0.727 bits per heavy atom. The zero-order valence-electron chi connectivity index (χ0n) is 22.1. The van der Waals surface area contributed by atoms with Gasteiger partial charge in [-0.15, -0.1) is 0 Å². The van der Waals surface area contributed by atoms with Crippen molar-refractivity contribution < 1.29 is 28.9 Å². The van der Waals surface area contributed by atoms with Gasteiger partial charge >= 0.3 is 13.9 Å². The molecule has 0 aliphatic rings. The molecule has 0 aromatic carbocycles. The van der Waals surface area contributed by atoms with Crippen LogP contribution in [-0.4, -0.2) is 46.6 Å². The Morgan fingerprint density at radius 3 is 1.00 bits per heavy atom. The third kappa shape index (κ3) is 22.4. The van der Waals surface area contributed by atoms with Crippen LogP contribution in [0.4, 0.5) is 0 Å². The zero-order chi connectivity index (χ0) is 24.7. The zero-order valence-corrected chi connectivity index (χ0v) is 23.0. The third-order valence-electron chi connectivity index (χ3n) is 5.87. The summed E-state index contributed by atoms with van der Waals surface area (Å²) >= 11 is 0. The van der Waals surface area contributed by atoms with Crippen LogP contribution in [0.3, 0.4) is 0 Å². The van der Waals surface area contributed by atoms with Gasteiger partial charge in [0.1, 0.15) is 0 Å². The summed E-state index contributed by atoms with van der Waals surface area (Å²) in [6.45, 7) is 7.85. The highest BCUT2D eigenvalue weighted by Gasteiger charge is 2.49. The molecular weight excluding hydrogens is 439 g/mol. The van der Waals surface area contributed by atoms with Gasteiger partial charge in [0.15, 0.2) is 0 Å². The van der Waals surface area contributed by atoms with Crippen LogP contribution in [0.25, 0.3) is 0 Å². The normalized spacial score (nSPS) is 12.5. The summed E-state index contributed by atoms with van der Waals surface area (Å²) in [6.07, 6.45) is 19.9. The van der Waals surface area contributed by atoms with E-state index in [4.69, 9.17) is 14.2 Å². The first kappa shape index (κ1) is 33.2. The van der Waals surface area contributed by atoms with Gasteiger partial charge in [0.2, 0.25) is 6.16 Å². The SMILES string of the molecule is CCCCCCCCOC(C[P+](O)(O)O)(OCCCCCCCC)OCCCCCCCC.